The van der Waals surface area contributed by atoms with Crippen molar-refractivity contribution in [2.75, 3.05) is 10.0 Å². The molecule has 3 rings (SSSR count). The number of benzene rings is 2. The van der Waals surface area contributed by atoms with Crippen molar-refractivity contribution in [2.45, 2.75) is 30.6 Å². The maximum absolute atomic E-state index is 12.7. The quantitative estimate of drug-likeness (QED) is 0.392. The summed E-state index contributed by atoms with van der Waals surface area (Å²) in [5, 5.41) is 2.70. The van der Waals surface area contributed by atoms with Crippen molar-refractivity contribution in [1.29, 1.82) is 0 Å². The van der Waals surface area contributed by atoms with E-state index in [2.05, 4.69) is 26.0 Å². The summed E-state index contributed by atoms with van der Waals surface area (Å²) in [6, 6.07) is 16.5. The van der Waals surface area contributed by atoms with E-state index in [1.807, 2.05) is 19.1 Å². The highest BCUT2D eigenvalue weighted by atomic mass is 79.9. The third kappa shape index (κ3) is 5.96. The van der Waals surface area contributed by atoms with Crippen LogP contribution in [0.3, 0.4) is 0 Å². The zero-order chi connectivity index (χ0) is 23.3. The molecular weight excluding hydrogens is 516 g/mol. The minimum Gasteiger partial charge on any atom is -0.449 e. The van der Waals surface area contributed by atoms with Gasteiger partial charge in [0.1, 0.15) is 4.21 Å². The molecule has 0 aliphatic carbocycles. The largest absolute Gasteiger partial charge is 0.449 e. The van der Waals surface area contributed by atoms with E-state index in [4.69, 9.17) is 4.74 Å². The number of amides is 1. The molecule has 1 heterocycles. The summed E-state index contributed by atoms with van der Waals surface area (Å²) in [6.07, 6.45) is -0.207. The van der Waals surface area contributed by atoms with Crippen LogP contribution in [0.1, 0.15) is 29.8 Å². The van der Waals surface area contributed by atoms with E-state index in [-0.39, 0.29) is 15.5 Å². The summed E-state index contributed by atoms with van der Waals surface area (Å²) >= 11 is 4.28. The van der Waals surface area contributed by atoms with Crippen LogP contribution in [0.4, 0.5) is 11.4 Å². The second-order valence-corrected chi connectivity index (χ2v) is 11.2. The van der Waals surface area contributed by atoms with Crippen molar-refractivity contribution >= 4 is 60.5 Å². The summed E-state index contributed by atoms with van der Waals surface area (Å²) in [6.45, 7) is 3.48. The van der Waals surface area contributed by atoms with Gasteiger partial charge in [0, 0.05) is 5.69 Å². The molecule has 0 saturated heterocycles. The Bertz CT molecular complexity index is 1220. The Morgan fingerprint density at radius 2 is 1.75 bits per heavy atom. The van der Waals surface area contributed by atoms with Gasteiger partial charge >= 0.3 is 5.97 Å². The molecule has 0 fully saturated rings. The van der Waals surface area contributed by atoms with E-state index < -0.39 is 28.0 Å². The van der Waals surface area contributed by atoms with Crippen molar-refractivity contribution in [1.82, 2.24) is 0 Å². The number of sulfonamides is 1. The Kier molecular flexibility index (Phi) is 7.70. The second kappa shape index (κ2) is 10.3. The number of ether oxygens (including phenoxy) is 1. The minimum atomic E-state index is -3.89. The fourth-order valence-electron chi connectivity index (χ4n) is 2.73. The Labute approximate surface area is 199 Å². The van der Waals surface area contributed by atoms with Crippen LogP contribution in [0.5, 0.6) is 0 Å². The zero-order valence-corrected chi connectivity index (χ0v) is 20.5. The van der Waals surface area contributed by atoms with Gasteiger partial charge in [0.2, 0.25) is 0 Å². The van der Waals surface area contributed by atoms with Crippen LogP contribution < -0.4 is 10.0 Å². The normalized spacial score (nSPS) is 12.1. The van der Waals surface area contributed by atoms with Crippen molar-refractivity contribution in [3.8, 4) is 0 Å². The molecule has 7 nitrogen and oxygen atoms in total. The number of anilines is 2. The molecule has 1 atom stereocenters. The SMILES string of the molecule is CCc1ccc(NC(=O)C(C)OC(=O)c2ccccc2NS(=O)(=O)c2ccc(Br)s2)cc1. The molecule has 32 heavy (non-hydrogen) atoms. The average molecular weight is 537 g/mol. The summed E-state index contributed by atoms with van der Waals surface area (Å²) in [4.78, 5) is 25.1. The highest BCUT2D eigenvalue weighted by molar-refractivity contribution is 9.11. The van der Waals surface area contributed by atoms with Crippen molar-refractivity contribution in [3.05, 3.63) is 75.6 Å². The van der Waals surface area contributed by atoms with Crippen LogP contribution in [0.2, 0.25) is 0 Å². The first-order valence-electron chi connectivity index (χ1n) is 9.67. The molecule has 0 radical (unpaired) electrons. The number of hydrogen-bond acceptors (Lipinski definition) is 6. The maximum atomic E-state index is 12.7. The van der Waals surface area contributed by atoms with E-state index in [9.17, 15) is 18.0 Å². The Morgan fingerprint density at radius 1 is 1.06 bits per heavy atom. The molecule has 10 heteroatoms. The molecule has 2 N–H and O–H groups in total. The number of hydrogen-bond donors (Lipinski definition) is 2. The third-order valence-electron chi connectivity index (χ3n) is 4.49. The maximum Gasteiger partial charge on any atom is 0.341 e. The van der Waals surface area contributed by atoms with Gasteiger partial charge < -0.3 is 10.1 Å². The topological polar surface area (TPSA) is 102 Å². The minimum absolute atomic E-state index is 0.00125. The van der Waals surface area contributed by atoms with Gasteiger partial charge in [0.05, 0.1) is 15.0 Å². The van der Waals surface area contributed by atoms with Crippen LogP contribution in [0.25, 0.3) is 0 Å². The molecule has 1 aromatic heterocycles. The molecule has 1 unspecified atom stereocenters. The first-order valence-corrected chi connectivity index (χ1v) is 12.8. The lowest BCUT2D eigenvalue weighted by Crippen LogP contribution is -2.30. The molecule has 2 aromatic carbocycles. The number of rotatable bonds is 8. The molecule has 168 valence electrons. The zero-order valence-electron chi connectivity index (χ0n) is 17.3. The lowest BCUT2D eigenvalue weighted by atomic mass is 10.1. The van der Waals surface area contributed by atoms with Crippen LogP contribution in [-0.2, 0) is 26.0 Å². The fraction of sp³-hybridized carbons (Fsp3) is 0.182. The molecule has 1 amide bonds. The van der Waals surface area contributed by atoms with Crippen LogP contribution >= 0.6 is 27.3 Å². The van der Waals surface area contributed by atoms with Crippen LogP contribution in [-0.4, -0.2) is 26.4 Å². The van der Waals surface area contributed by atoms with Crippen molar-refractivity contribution in [3.63, 3.8) is 0 Å². The second-order valence-electron chi connectivity index (χ2n) is 6.80. The van der Waals surface area contributed by atoms with E-state index >= 15 is 0 Å². The molecule has 0 aliphatic heterocycles. The average Bonchev–Trinajstić information content (AvgIpc) is 3.21. The van der Waals surface area contributed by atoms with E-state index in [1.54, 1.807) is 30.3 Å². The molecule has 0 spiro atoms. The van der Waals surface area contributed by atoms with Gasteiger partial charge in [-0.25, -0.2) is 13.2 Å². The molecule has 3 aromatic rings. The highest BCUT2D eigenvalue weighted by Gasteiger charge is 2.24. The van der Waals surface area contributed by atoms with Crippen molar-refractivity contribution in [2.24, 2.45) is 0 Å². The number of para-hydroxylation sites is 1. The third-order valence-corrected chi connectivity index (χ3v) is 7.97. The number of halogens is 1. The molecule has 0 bridgehead atoms. The number of carbonyl (C=O) groups is 2. The molecular formula is C22H21BrN2O5S2. The summed E-state index contributed by atoms with van der Waals surface area (Å²) < 4.78 is 33.7. The Morgan fingerprint density at radius 3 is 2.38 bits per heavy atom. The fourth-order valence-corrected chi connectivity index (χ4v) is 5.82. The van der Waals surface area contributed by atoms with Gasteiger partial charge in [-0.3, -0.25) is 9.52 Å². The van der Waals surface area contributed by atoms with Gasteiger partial charge in [-0.2, -0.15) is 0 Å². The summed E-state index contributed by atoms with van der Waals surface area (Å²) in [5.41, 5.74) is 1.78. The molecule has 0 saturated carbocycles. The first kappa shape index (κ1) is 24.0. The monoisotopic (exact) mass is 536 g/mol. The van der Waals surface area contributed by atoms with E-state index in [0.717, 1.165) is 23.3 Å². The van der Waals surface area contributed by atoms with E-state index in [0.29, 0.717) is 9.47 Å². The van der Waals surface area contributed by atoms with E-state index in [1.165, 1.54) is 25.1 Å². The lowest BCUT2D eigenvalue weighted by molar-refractivity contribution is -0.123. The standard InChI is InChI=1S/C22H21BrN2O5S2/c1-3-15-8-10-16(11-9-15)24-21(26)14(2)30-22(27)17-6-4-5-7-18(17)25-32(28,29)20-13-12-19(23)31-20/h4-14,25H,3H2,1-2H3,(H,24,26). The van der Waals surface area contributed by atoms with Crippen molar-refractivity contribution < 1.29 is 22.7 Å². The lowest BCUT2D eigenvalue weighted by Gasteiger charge is -2.16. The summed E-state index contributed by atoms with van der Waals surface area (Å²) in [7, 11) is -3.89. The van der Waals surface area contributed by atoms with Gasteiger partial charge in [-0.05, 0) is 71.2 Å². The first-order chi connectivity index (χ1) is 15.2. The predicted octanol–water partition coefficient (Wildman–Crippen LogP) is 5.06. The number of aryl methyl sites for hydroxylation is 1. The Hall–Kier alpha value is -2.69. The number of thiophene rings is 1. The summed E-state index contributed by atoms with van der Waals surface area (Å²) in [5.74, 6) is -1.32. The smallest absolute Gasteiger partial charge is 0.341 e. The Balaban J connectivity index is 1.70. The highest BCUT2D eigenvalue weighted by Crippen LogP contribution is 2.28. The van der Waals surface area contributed by atoms with Gasteiger partial charge in [0.25, 0.3) is 15.9 Å². The van der Waals surface area contributed by atoms with Gasteiger partial charge in [-0.1, -0.05) is 31.2 Å². The van der Waals surface area contributed by atoms with Gasteiger partial charge in [-0.15, -0.1) is 11.3 Å². The number of nitrogens with one attached hydrogen (secondary N) is 2. The predicted molar refractivity (Wildman–Crippen MR) is 129 cm³/mol. The van der Waals surface area contributed by atoms with Gasteiger partial charge in [0.15, 0.2) is 6.10 Å². The number of carbonyl (C=O) groups excluding carboxylic acids is 2. The molecule has 0 aliphatic rings. The van der Waals surface area contributed by atoms with Crippen LogP contribution in [0.15, 0.2) is 68.7 Å². The number of esters is 1. The van der Waals surface area contributed by atoms with Crippen LogP contribution in [0, 0.1) is 0 Å².